The monoisotopic (exact) mass is 348 g/mol. The largest absolute Gasteiger partial charge is 0.337 e. The summed E-state index contributed by atoms with van der Waals surface area (Å²) in [6.45, 7) is 4.47. The van der Waals surface area contributed by atoms with Crippen LogP contribution < -0.4 is 5.32 Å². The van der Waals surface area contributed by atoms with Crippen molar-refractivity contribution in [2.75, 3.05) is 7.05 Å². The van der Waals surface area contributed by atoms with Gasteiger partial charge in [0.15, 0.2) is 0 Å². The zero-order valence-corrected chi connectivity index (χ0v) is 15.4. The first kappa shape index (κ1) is 18.1. The van der Waals surface area contributed by atoms with Crippen molar-refractivity contribution in [2.45, 2.75) is 44.3 Å². The van der Waals surface area contributed by atoms with Gasteiger partial charge in [0, 0.05) is 38.4 Å². The van der Waals surface area contributed by atoms with Gasteiger partial charge in [0.25, 0.3) is 0 Å². The maximum atomic E-state index is 12.3. The second-order valence-electron chi connectivity index (χ2n) is 7.32. The number of nitriles is 1. The van der Waals surface area contributed by atoms with Gasteiger partial charge in [-0.15, -0.1) is 0 Å². The molecule has 1 aromatic heterocycles. The summed E-state index contributed by atoms with van der Waals surface area (Å²) < 4.78 is 0. The van der Waals surface area contributed by atoms with Crippen LogP contribution in [0.2, 0.25) is 0 Å². The van der Waals surface area contributed by atoms with E-state index in [0.29, 0.717) is 13.0 Å². The number of carbonyl (C=O) groups excluding carboxylic acids is 1. The SMILES string of the molecule is CN1C(=O)C[C@@H](NCc2ccccc2C(C)(C)C#N)[C@@H]1c1cccnc1. The van der Waals surface area contributed by atoms with Crippen LogP contribution in [0.25, 0.3) is 0 Å². The number of hydrogen-bond donors (Lipinski definition) is 1. The van der Waals surface area contributed by atoms with E-state index in [9.17, 15) is 10.1 Å². The maximum Gasteiger partial charge on any atom is 0.224 e. The van der Waals surface area contributed by atoms with Crippen LogP contribution in [0.15, 0.2) is 48.8 Å². The molecule has 0 aliphatic carbocycles. The highest BCUT2D eigenvalue weighted by Crippen LogP contribution is 2.32. The van der Waals surface area contributed by atoms with E-state index in [-0.39, 0.29) is 18.0 Å². The minimum atomic E-state index is -0.552. The summed E-state index contributed by atoms with van der Waals surface area (Å²) in [5.74, 6) is 0.127. The predicted molar refractivity (Wildman–Crippen MR) is 100 cm³/mol. The summed E-state index contributed by atoms with van der Waals surface area (Å²) in [7, 11) is 1.84. The molecule has 0 bridgehead atoms. The lowest BCUT2D eigenvalue weighted by Crippen LogP contribution is -2.35. The van der Waals surface area contributed by atoms with E-state index < -0.39 is 5.41 Å². The molecular formula is C21H24N4O. The first-order valence-electron chi connectivity index (χ1n) is 8.82. The van der Waals surface area contributed by atoms with Crippen molar-refractivity contribution in [2.24, 2.45) is 0 Å². The van der Waals surface area contributed by atoms with E-state index >= 15 is 0 Å². The number of hydrogen-bond acceptors (Lipinski definition) is 4. The molecule has 0 radical (unpaired) electrons. The van der Waals surface area contributed by atoms with Gasteiger partial charge in [-0.05, 0) is 36.6 Å². The zero-order valence-electron chi connectivity index (χ0n) is 15.4. The standard InChI is InChI=1S/C21H24N4O/c1-21(2,14-22)17-9-5-4-7-15(17)13-24-18-11-19(26)25(3)20(18)16-8-6-10-23-12-16/h4-10,12,18,20,24H,11,13H2,1-3H3/t18-,20+/m1/s1. The molecule has 1 amide bonds. The lowest BCUT2D eigenvalue weighted by atomic mass is 9.83. The van der Waals surface area contributed by atoms with E-state index in [1.807, 2.05) is 63.5 Å². The smallest absolute Gasteiger partial charge is 0.224 e. The summed E-state index contributed by atoms with van der Waals surface area (Å²) in [5.41, 5.74) is 2.59. The molecule has 1 fully saturated rings. The van der Waals surface area contributed by atoms with Crippen molar-refractivity contribution in [3.63, 3.8) is 0 Å². The quantitative estimate of drug-likeness (QED) is 0.902. The fourth-order valence-electron chi connectivity index (χ4n) is 3.64. The number of carbonyl (C=O) groups is 1. The van der Waals surface area contributed by atoms with Gasteiger partial charge in [0.05, 0.1) is 17.5 Å². The first-order valence-corrected chi connectivity index (χ1v) is 8.82. The molecule has 1 aliphatic heterocycles. The minimum absolute atomic E-state index is 0.00922. The third kappa shape index (κ3) is 3.47. The molecule has 5 nitrogen and oxygen atoms in total. The molecule has 2 aromatic rings. The molecule has 1 N–H and O–H groups in total. The highest BCUT2D eigenvalue weighted by atomic mass is 16.2. The van der Waals surface area contributed by atoms with Crippen molar-refractivity contribution >= 4 is 5.91 Å². The van der Waals surface area contributed by atoms with Crippen molar-refractivity contribution < 1.29 is 4.79 Å². The van der Waals surface area contributed by atoms with Crippen LogP contribution in [-0.2, 0) is 16.8 Å². The number of benzene rings is 1. The molecular weight excluding hydrogens is 324 g/mol. The molecule has 26 heavy (non-hydrogen) atoms. The van der Waals surface area contributed by atoms with Gasteiger partial charge in [0.2, 0.25) is 5.91 Å². The second kappa shape index (κ2) is 7.27. The minimum Gasteiger partial charge on any atom is -0.337 e. The summed E-state index contributed by atoms with van der Waals surface area (Å²) in [6, 6.07) is 14.2. The van der Waals surface area contributed by atoms with Gasteiger partial charge >= 0.3 is 0 Å². The highest BCUT2D eigenvalue weighted by Gasteiger charge is 2.38. The second-order valence-corrected chi connectivity index (χ2v) is 7.32. The molecule has 1 aromatic carbocycles. The lowest BCUT2D eigenvalue weighted by molar-refractivity contribution is -0.127. The third-order valence-corrected chi connectivity index (χ3v) is 5.14. The Morgan fingerprint density at radius 3 is 2.77 bits per heavy atom. The topological polar surface area (TPSA) is 69.0 Å². The molecule has 5 heteroatoms. The Balaban J connectivity index is 1.82. The van der Waals surface area contributed by atoms with E-state index in [4.69, 9.17) is 0 Å². The number of pyridine rings is 1. The Morgan fingerprint density at radius 2 is 2.08 bits per heavy atom. The zero-order chi connectivity index (χ0) is 18.7. The Bertz CT molecular complexity index is 825. The average molecular weight is 348 g/mol. The van der Waals surface area contributed by atoms with E-state index in [1.54, 1.807) is 11.1 Å². The number of rotatable bonds is 5. The van der Waals surface area contributed by atoms with Crippen LogP contribution in [0, 0.1) is 11.3 Å². The number of likely N-dealkylation sites (tertiary alicyclic amines) is 1. The average Bonchev–Trinajstić information content (AvgIpc) is 2.95. The van der Waals surface area contributed by atoms with Crippen LogP contribution in [0.5, 0.6) is 0 Å². The molecule has 2 atom stereocenters. The lowest BCUT2D eigenvalue weighted by Gasteiger charge is -2.27. The van der Waals surface area contributed by atoms with Crippen LogP contribution >= 0.6 is 0 Å². The third-order valence-electron chi connectivity index (χ3n) is 5.14. The van der Waals surface area contributed by atoms with Crippen molar-refractivity contribution in [3.05, 3.63) is 65.5 Å². The molecule has 0 unspecified atom stereocenters. The number of likely N-dealkylation sites (N-methyl/N-ethyl adjacent to an activating group) is 1. The highest BCUT2D eigenvalue weighted by molar-refractivity contribution is 5.80. The first-order chi connectivity index (χ1) is 12.4. The fraction of sp³-hybridized carbons (Fsp3) is 0.381. The van der Waals surface area contributed by atoms with Crippen molar-refractivity contribution in [1.29, 1.82) is 5.26 Å². The number of amides is 1. The fourth-order valence-corrected chi connectivity index (χ4v) is 3.64. The Kier molecular flexibility index (Phi) is 5.06. The summed E-state index contributed by atoms with van der Waals surface area (Å²) >= 11 is 0. The van der Waals surface area contributed by atoms with E-state index in [2.05, 4.69) is 16.4 Å². The summed E-state index contributed by atoms with van der Waals surface area (Å²) in [4.78, 5) is 18.3. The molecule has 0 spiro atoms. The van der Waals surface area contributed by atoms with Gasteiger partial charge < -0.3 is 10.2 Å². The van der Waals surface area contributed by atoms with Crippen LogP contribution in [0.1, 0.15) is 43.0 Å². The Labute approximate surface area is 154 Å². The summed E-state index contributed by atoms with van der Waals surface area (Å²) in [6.07, 6.45) is 4.02. The number of nitrogens with zero attached hydrogens (tertiary/aromatic N) is 3. The Morgan fingerprint density at radius 1 is 1.31 bits per heavy atom. The van der Waals surface area contributed by atoms with Crippen LogP contribution in [0.3, 0.4) is 0 Å². The van der Waals surface area contributed by atoms with Gasteiger partial charge in [0.1, 0.15) is 0 Å². The maximum absolute atomic E-state index is 12.3. The molecule has 1 aliphatic rings. The number of nitrogens with one attached hydrogen (secondary N) is 1. The molecule has 2 heterocycles. The molecule has 1 saturated heterocycles. The molecule has 0 saturated carbocycles. The van der Waals surface area contributed by atoms with Crippen LogP contribution in [-0.4, -0.2) is 28.9 Å². The number of aromatic nitrogens is 1. The normalized spacial score (nSPS) is 20.2. The van der Waals surface area contributed by atoms with Crippen molar-refractivity contribution in [3.8, 4) is 6.07 Å². The van der Waals surface area contributed by atoms with Gasteiger partial charge in [-0.25, -0.2) is 0 Å². The predicted octanol–water partition coefficient (Wildman–Crippen LogP) is 2.94. The molecule has 134 valence electrons. The van der Waals surface area contributed by atoms with Gasteiger partial charge in [-0.1, -0.05) is 30.3 Å². The van der Waals surface area contributed by atoms with Crippen LogP contribution in [0.4, 0.5) is 0 Å². The summed E-state index contributed by atoms with van der Waals surface area (Å²) in [5, 5.41) is 13.0. The van der Waals surface area contributed by atoms with E-state index in [0.717, 1.165) is 16.7 Å². The Hall–Kier alpha value is -2.71. The van der Waals surface area contributed by atoms with Gasteiger partial charge in [-0.3, -0.25) is 9.78 Å². The van der Waals surface area contributed by atoms with Crippen molar-refractivity contribution in [1.82, 2.24) is 15.2 Å². The van der Waals surface area contributed by atoms with E-state index in [1.165, 1.54) is 0 Å². The van der Waals surface area contributed by atoms with Gasteiger partial charge in [-0.2, -0.15) is 5.26 Å². The molecule has 3 rings (SSSR count).